The smallest absolute Gasteiger partial charge is 0.341 e. The predicted molar refractivity (Wildman–Crippen MR) is 92.9 cm³/mol. The van der Waals surface area contributed by atoms with Crippen molar-refractivity contribution in [2.75, 3.05) is 0 Å². The molecule has 6 nitrogen and oxygen atoms in total. The number of carboxylic acid groups (broad SMARTS) is 2. The molecule has 0 aromatic heterocycles. The second-order valence-electron chi connectivity index (χ2n) is 6.65. The van der Waals surface area contributed by atoms with E-state index in [0.717, 1.165) is 0 Å². The first-order valence-electron chi connectivity index (χ1n) is 8.94. The van der Waals surface area contributed by atoms with Crippen molar-refractivity contribution >= 4 is 11.9 Å². The summed E-state index contributed by atoms with van der Waals surface area (Å²) in [4.78, 5) is 21.5. The molecule has 38 heavy (non-hydrogen) atoms. The molecule has 0 saturated carbocycles. The predicted octanol–water partition coefficient (Wildman–Crippen LogP) is 6.34. The van der Waals surface area contributed by atoms with E-state index in [0.29, 0.717) is 0 Å². The minimum atomic E-state index is -2.87. The molecule has 3 aromatic rings. The molecule has 0 aliphatic heterocycles. The highest BCUT2D eigenvalue weighted by molar-refractivity contribution is 5.89. The minimum absolute atomic E-state index is 2.23. The van der Waals surface area contributed by atoms with Crippen LogP contribution < -0.4 is 9.47 Å². The zero-order chi connectivity index (χ0) is 29.0. The Hall–Kier alpha value is -4.64. The second kappa shape index (κ2) is 9.67. The average Bonchev–Trinajstić information content (AvgIpc) is 2.84. The maximum absolute atomic E-state index is 14.4. The summed E-state index contributed by atoms with van der Waals surface area (Å²) in [5.41, 5.74) is -4.46. The summed E-state index contributed by atoms with van der Waals surface area (Å²) in [5.74, 6) is -48.1. The van der Waals surface area contributed by atoms with Gasteiger partial charge in [0.05, 0.1) is 0 Å². The molecule has 0 heterocycles. The molecule has 18 heteroatoms. The van der Waals surface area contributed by atoms with E-state index in [9.17, 15) is 62.3 Å². The van der Waals surface area contributed by atoms with Gasteiger partial charge in [-0.05, 0) is 0 Å². The number of carboxylic acids is 2. The SMILES string of the molecule is O=C(O)c1c(F)c(F)c(Oc2c(F)c(F)c(Oc3c(F)c(F)c(C(=O)O)c(F)c3F)c(F)c2F)c(F)c1F. The van der Waals surface area contributed by atoms with E-state index in [1.807, 2.05) is 0 Å². The van der Waals surface area contributed by atoms with Gasteiger partial charge in [-0.15, -0.1) is 0 Å². The monoisotopic (exact) mass is 566 g/mol. The van der Waals surface area contributed by atoms with E-state index in [1.165, 1.54) is 0 Å². The molecular weight excluding hydrogens is 564 g/mol. The average molecular weight is 566 g/mol. The van der Waals surface area contributed by atoms with E-state index in [-0.39, 0.29) is 0 Å². The Morgan fingerprint density at radius 1 is 0.368 bits per heavy atom. The normalized spacial score (nSPS) is 11.1. The number of ether oxygens (including phenoxy) is 2. The highest BCUT2D eigenvalue weighted by Crippen LogP contribution is 2.42. The van der Waals surface area contributed by atoms with Crippen molar-refractivity contribution in [3.63, 3.8) is 0 Å². The van der Waals surface area contributed by atoms with Crippen molar-refractivity contribution in [1.29, 1.82) is 0 Å². The lowest BCUT2D eigenvalue weighted by molar-refractivity contribution is 0.0671. The topological polar surface area (TPSA) is 93.1 Å². The van der Waals surface area contributed by atoms with Crippen molar-refractivity contribution in [3.05, 3.63) is 80.9 Å². The fourth-order valence-corrected chi connectivity index (χ4v) is 2.75. The van der Waals surface area contributed by atoms with Crippen LogP contribution in [0, 0.1) is 69.8 Å². The van der Waals surface area contributed by atoms with E-state index in [4.69, 9.17) is 10.2 Å². The van der Waals surface area contributed by atoms with Gasteiger partial charge in [-0.25, -0.2) is 27.2 Å². The van der Waals surface area contributed by atoms with Crippen LogP contribution in [-0.2, 0) is 0 Å². The van der Waals surface area contributed by atoms with Crippen molar-refractivity contribution < 1.29 is 82.0 Å². The lowest BCUT2D eigenvalue weighted by atomic mass is 10.1. The number of rotatable bonds is 6. The quantitative estimate of drug-likeness (QED) is 0.268. The van der Waals surface area contributed by atoms with Gasteiger partial charge >= 0.3 is 11.9 Å². The van der Waals surface area contributed by atoms with Crippen LogP contribution in [0.15, 0.2) is 0 Å². The maximum atomic E-state index is 14.4. The molecule has 0 aliphatic carbocycles. The third-order valence-electron chi connectivity index (χ3n) is 4.46. The maximum Gasteiger partial charge on any atom is 0.341 e. The van der Waals surface area contributed by atoms with Crippen LogP contribution in [0.4, 0.5) is 52.7 Å². The number of carbonyl (C=O) groups is 2. The van der Waals surface area contributed by atoms with Crippen LogP contribution in [0.5, 0.6) is 23.0 Å². The van der Waals surface area contributed by atoms with E-state index in [2.05, 4.69) is 9.47 Å². The van der Waals surface area contributed by atoms with Gasteiger partial charge in [0.2, 0.25) is 69.5 Å². The highest BCUT2D eigenvalue weighted by atomic mass is 19.2. The van der Waals surface area contributed by atoms with Crippen LogP contribution in [0.25, 0.3) is 0 Å². The number of hydrogen-bond donors (Lipinski definition) is 2. The molecule has 0 spiro atoms. The van der Waals surface area contributed by atoms with Gasteiger partial charge in [0.15, 0.2) is 23.3 Å². The van der Waals surface area contributed by atoms with Crippen LogP contribution in [0.3, 0.4) is 0 Å². The highest BCUT2D eigenvalue weighted by Gasteiger charge is 2.36. The van der Waals surface area contributed by atoms with Gasteiger partial charge in [-0.3, -0.25) is 0 Å². The first kappa shape index (κ1) is 27.9. The summed E-state index contributed by atoms with van der Waals surface area (Å²) in [6.45, 7) is 0. The molecule has 0 unspecified atom stereocenters. The molecule has 0 radical (unpaired) electrons. The van der Waals surface area contributed by atoms with Crippen molar-refractivity contribution in [2.24, 2.45) is 0 Å². The Balaban J connectivity index is 2.19. The molecule has 0 saturated heterocycles. The zero-order valence-corrected chi connectivity index (χ0v) is 17.1. The molecular formula is C20H2F12O6. The number of hydrogen-bond acceptors (Lipinski definition) is 4. The Morgan fingerprint density at radius 2 is 0.526 bits per heavy atom. The Bertz CT molecular complexity index is 1350. The Labute approximate surface area is 198 Å². The molecule has 2 N–H and O–H groups in total. The van der Waals surface area contributed by atoms with Crippen molar-refractivity contribution in [2.45, 2.75) is 0 Å². The van der Waals surface area contributed by atoms with E-state index < -0.39 is 116 Å². The summed E-state index contributed by atoms with van der Waals surface area (Å²) in [7, 11) is 0. The minimum Gasteiger partial charge on any atom is -0.477 e. The third-order valence-corrected chi connectivity index (χ3v) is 4.46. The Morgan fingerprint density at radius 3 is 0.684 bits per heavy atom. The first-order chi connectivity index (χ1) is 17.5. The lowest BCUT2D eigenvalue weighted by Gasteiger charge is -2.16. The molecule has 0 fully saturated rings. The standard InChI is InChI=1S/C20H2F12O6/c21-3-1(19(33)34)4(22)8(26)15(7(3)25)37-17-11(29)13(31)18(14(32)12(17)30)38-16-9(27)5(23)2(20(35)36)6(24)10(16)28/h(H,33,34)(H,35,36). The zero-order valence-electron chi connectivity index (χ0n) is 17.1. The van der Waals surface area contributed by atoms with Gasteiger partial charge in [0, 0.05) is 0 Å². The van der Waals surface area contributed by atoms with Gasteiger partial charge in [0.25, 0.3) is 0 Å². The molecule has 0 bridgehead atoms. The van der Waals surface area contributed by atoms with Crippen LogP contribution in [0.2, 0.25) is 0 Å². The summed E-state index contributed by atoms with van der Waals surface area (Å²) >= 11 is 0. The summed E-state index contributed by atoms with van der Waals surface area (Å²) in [6.07, 6.45) is 0. The fourth-order valence-electron chi connectivity index (χ4n) is 2.75. The molecule has 3 rings (SSSR count). The fraction of sp³-hybridized carbons (Fsp3) is 0. The van der Waals surface area contributed by atoms with Gasteiger partial charge in [-0.2, -0.15) is 35.1 Å². The summed E-state index contributed by atoms with van der Waals surface area (Å²) < 4.78 is 176. The molecule has 202 valence electrons. The van der Waals surface area contributed by atoms with E-state index in [1.54, 1.807) is 0 Å². The van der Waals surface area contributed by atoms with E-state index >= 15 is 0 Å². The second-order valence-corrected chi connectivity index (χ2v) is 6.65. The van der Waals surface area contributed by atoms with Crippen LogP contribution >= 0.6 is 0 Å². The van der Waals surface area contributed by atoms with Gasteiger partial charge < -0.3 is 19.7 Å². The van der Waals surface area contributed by atoms with Gasteiger partial charge in [0.1, 0.15) is 11.1 Å². The summed E-state index contributed by atoms with van der Waals surface area (Å²) in [6, 6.07) is 0. The largest absolute Gasteiger partial charge is 0.477 e. The first-order valence-corrected chi connectivity index (χ1v) is 8.94. The number of aromatic carboxylic acids is 2. The third kappa shape index (κ3) is 4.16. The molecule has 0 amide bonds. The van der Waals surface area contributed by atoms with Crippen molar-refractivity contribution in [1.82, 2.24) is 0 Å². The molecule has 0 atom stereocenters. The lowest BCUT2D eigenvalue weighted by Crippen LogP contribution is -2.13. The van der Waals surface area contributed by atoms with Crippen molar-refractivity contribution in [3.8, 4) is 23.0 Å². The van der Waals surface area contributed by atoms with Crippen LogP contribution in [-0.4, -0.2) is 22.2 Å². The Kier molecular flexibility index (Phi) is 7.11. The number of benzene rings is 3. The van der Waals surface area contributed by atoms with Crippen LogP contribution in [0.1, 0.15) is 20.7 Å². The molecule has 0 aliphatic rings. The molecule has 3 aromatic carbocycles. The number of halogens is 12. The summed E-state index contributed by atoms with van der Waals surface area (Å²) in [5, 5.41) is 17.2. The van der Waals surface area contributed by atoms with Gasteiger partial charge in [-0.1, -0.05) is 0 Å².